The van der Waals surface area contributed by atoms with Gasteiger partial charge in [-0.25, -0.2) is 14.4 Å². The lowest BCUT2D eigenvalue weighted by molar-refractivity contribution is -0.170. The molecule has 0 aromatic heterocycles. The molecule has 28 nitrogen and oxygen atoms in total. The minimum atomic E-state index is -2.74. The number of carboxylic acids is 9. The molecule has 0 saturated carbocycles. The van der Waals surface area contributed by atoms with Crippen LogP contribution >= 0.6 is 0 Å². The summed E-state index contributed by atoms with van der Waals surface area (Å²) < 4.78 is 0. The lowest BCUT2D eigenvalue weighted by Gasteiger charge is -2.18. The van der Waals surface area contributed by atoms with Crippen LogP contribution in [0.2, 0.25) is 0 Å². The molecule has 2 aliphatic rings. The molecule has 0 bridgehead atoms. The fraction of sp³-hybridized carbons (Fsp3) is 0.654. The standard InChI is InChI=1S/3C6H8O7.2C4H10N2.3H2O/c3*7-3(8)1-6(13,5(11)12)2-4(9)10;2*1-2-6-4-3-5-1;;;/h3*13H,1-2H2,(H,7,8)(H,9,10)(H,11,12);2*5-6H,1-4H2;3*1H2. The van der Waals surface area contributed by atoms with Crippen molar-refractivity contribution in [2.45, 2.75) is 55.3 Å². The Morgan fingerprint density at radius 3 is 0.481 bits per heavy atom. The zero-order valence-electron chi connectivity index (χ0n) is 28.4. The number of rotatable bonds is 15. The number of carbonyl (C=O) groups is 9. The largest absolute Gasteiger partial charge is 0.481 e. The van der Waals surface area contributed by atoms with E-state index in [1.807, 2.05) is 0 Å². The van der Waals surface area contributed by atoms with Crippen LogP contribution in [-0.2, 0) is 43.2 Å². The first kappa shape index (κ1) is 60.9. The normalized spacial score (nSPS) is 13.2. The Kier molecular flexibility index (Phi) is 35.4. The number of hydrogen-bond donors (Lipinski definition) is 16. The van der Waals surface area contributed by atoms with E-state index in [1.165, 1.54) is 0 Å². The highest BCUT2D eigenvalue weighted by molar-refractivity contribution is 5.89. The van der Waals surface area contributed by atoms with Gasteiger partial charge < -0.3 is 99.0 Å². The average Bonchev–Trinajstić information content (AvgIpc) is 2.97. The van der Waals surface area contributed by atoms with Gasteiger partial charge in [-0.15, -0.1) is 0 Å². The summed E-state index contributed by atoms with van der Waals surface area (Å²) in [5, 5.41) is 114. The topological polar surface area (TPSA) is 539 Å². The number of nitrogens with one attached hydrogen (secondary N) is 4. The molecule has 28 heteroatoms. The van der Waals surface area contributed by atoms with Gasteiger partial charge in [0.15, 0.2) is 16.8 Å². The van der Waals surface area contributed by atoms with Crippen LogP contribution in [0.3, 0.4) is 0 Å². The average molecular weight is 803 g/mol. The molecule has 2 aliphatic heterocycles. The third-order valence-electron chi connectivity index (χ3n) is 5.77. The van der Waals surface area contributed by atoms with Gasteiger partial charge in [-0.1, -0.05) is 0 Å². The van der Waals surface area contributed by atoms with Crippen LogP contribution in [0.25, 0.3) is 0 Å². The van der Waals surface area contributed by atoms with Gasteiger partial charge in [0.1, 0.15) is 0 Å². The number of aliphatic carboxylic acids is 9. The van der Waals surface area contributed by atoms with Crippen LogP contribution in [0, 0.1) is 0 Å². The van der Waals surface area contributed by atoms with E-state index < -0.39 is 109 Å². The third kappa shape index (κ3) is 32.7. The summed E-state index contributed by atoms with van der Waals surface area (Å²) in [5.41, 5.74) is -8.22. The van der Waals surface area contributed by atoms with E-state index in [4.69, 9.17) is 61.3 Å². The van der Waals surface area contributed by atoms with Crippen LogP contribution in [0.5, 0.6) is 0 Å². The molecule has 0 aromatic carbocycles. The molecule has 0 atom stereocenters. The highest BCUT2D eigenvalue weighted by Crippen LogP contribution is 2.17. The molecular formula is C26H50N4O24. The monoisotopic (exact) mass is 802 g/mol. The second kappa shape index (κ2) is 31.4. The highest BCUT2D eigenvalue weighted by Gasteiger charge is 2.42. The van der Waals surface area contributed by atoms with Crippen molar-refractivity contribution in [1.29, 1.82) is 0 Å². The van der Waals surface area contributed by atoms with Crippen molar-refractivity contribution in [1.82, 2.24) is 21.3 Å². The summed E-state index contributed by atoms with van der Waals surface area (Å²) in [7, 11) is 0. The zero-order valence-corrected chi connectivity index (χ0v) is 28.4. The van der Waals surface area contributed by atoms with Crippen LogP contribution in [-0.4, -0.2) is 201 Å². The van der Waals surface area contributed by atoms with Crippen molar-refractivity contribution < 1.29 is 121 Å². The Hall–Kier alpha value is -5.17. The predicted molar refractivity (Wildman–Crippen MR) is 174 cm³/mol. The van der Waals surface area contributed by atoms with Gasteiger partial charge in [0.25, 0.3) is 0 Å². The van der Waals surface area contributed by atoms with Gasteiger partial charge in [0.05, 0.1) is 38.5 Å². The van der Waals surface area contributed by atoms with Crippen molar-refractivity contribution in [3.8, 4) is 0 Å². The number of aliphatic hydroxyl groups is 3. The van der Waals surface area contributed by atoms with Crippen LogP contribution in [0.4, 0.5) is 0 Å². The molecule has 0 aromatic rings. The number of carboxylic acid groups (broad SMARTS) is 9. The van der Waals surface area contributed by atoms with Crippen LogP contribution in [0.1, 0.15) is 38.5 Å². The Morgan fingerprint density at radius 2 is 0.426 bits per heavy atom. The van der Waals surface area contributed by atoms with Crippen LogP contribution < -0.4 is 21.3 Å². The summed E-state index contributed by atoms with van der Waals surface area (Å²) in [5.74, 6) is -15.1. The van der Waals surface area contributed by atoms with Gasteiger partial charge in [-0.3, -0.25) is 28.8 Å². The first-order valence-electron chi connectivity index (χ1n) is 14.3. The van der Waals surface area contributed by atoms with Crippen molar-refractivity contribution in [3.63, 3.8) is 0 Å². The van der Waals surface area contributed by atoms with Gasteiger partial charge in [0.2, 0.25) is 0 Å². The Labute approximate surface area is 304 Å². The number of hydrogen-bond acceptors (Lipinski definition) is 16. The van der Waals surface area contributed by atoms with Gasteiger partial charge in [0, 0.05) is 52.4 Å². The summed E-state index contributed by atoms with van der Waals surface area (Å²) in [6, 6.07) is 0. The molecule has 2 heterocycles. The first-order valence-corrected chi connectivity index (χ1v) is 14.3. The lowest BCUT2D eigenvalue weighted by Crippen LogP contribution is -2.42. The van der Waals surface area contributed by atoms with Crippen molar-refractivity contribution in [2.24, 2.45) is 0 Å². The van der Waals surface area contributed by atoms with Crippen molar-refractivity contribution in [2.75, 3.05) is 52.4 Å². The fourth-order valence-corrected chi connectivity index (χ4v) is 3.35. The molecule has 22 N–H and O–H groups in total. The summed E-state index contributed by atoms with van der Waals surface area (Å²) >= 11 is 0. The predicted octanol–water partition coefficient (Wildman–Crippen LogP) is -7.86. The van der Waals surface area contributed by atoms with Gasteiger partial charge in [-0.2, -0.15) is 0 Å². The second-order valence-corrected chi connectivity index (χ2v) is 10.4. The van der Waals surface area contributed by atoms with E-state index in [2.05, 4.69) is 21.3 Å². The maximum absolute atomic E-state index is 10.3. The minimum Gasteiger partial charge on any atom is -0.481 e. The second-order valence-electron chi connectivity index (χ2n) is 10.4. The fourth-order valence-electron chi connectivity index (χ4n) is 3.35. The smallest absolute Gasteiger partial charge is 0.336 e. The van der Waals surface area contributed by atoms with Crippen LogP contribution in [0.15, 0.2) is 0 Å². The minimum absolute atomic E-state index is 0. The maximum atomic E-state index is 10.3. The van der Waals surface area contributed by atoms with E-state index in [1.54, 1.807) is 0 Å². The Bertz CT molecular complexity index is 982. The quantitative estimate of drug-likeness (QED) is 0.0731. The van der Waals surface area contributed by atoms with Gasteiger partial charge in [-0.05, 0) is 0 Å². The van der Waals surface area contributed by atoms with E-state index >= 15 is 0 Å². The maximum Gasteiger partial charge on any atom is 0.336 e. The zero-order chi connectivity index (χ0) is 40.4. The van der Waals surface area contributed by atoms with Gasteiger partial charge >= 0.3 is 53.7 Å². The Balaban J connectivity index is -0.000000135. The molecule has 0 spiro atoms. The summed E-state index contributed by atoms with van der Waals surface area (Å²) in [6.45, 7) is 9.11. The van der Waals surface area contributed by atoms with E-state index in [-0.39, 0.29) is 16.4 Å². The summed E-state index contributed by atoms with van der Waals surface area (Å²) in [4.78, 5) is 91.5. The molecule has 0 radical (unpaired) electrons. The Morgan fingerprint density at radius 1 is 0.315 bits per heavy atom. The first-order chi connectivity index (χ1) is 23.3. The molecular weight excluding hydrogens is 752 g/mol. The van der Waals surface area contributed by atoms with E-state index in [0.717, 1.165) is 52.4 Å². The van der Waals surface area contributed by atoms with E-state index in [0.29, 0.717) is 0 Å². The highest BCUT2D eigenvalue weighted by atomic mass is 16.4. The molecule has 0 unspecified atom stereocenters. The molecule has 318 valence electrons. The van der Waals surface area contributed by atoms with Crippen molar-refractivity contribution >= 4 is 53.7 Å². The molecule has 0 amide bonds. The third-order valence-corrected chi connectivity index (χ3v) is 5.77. The SMILES string of the molecule is C1CNCCN1.C1CNCCN1.O.O.O.O=C(O)CC(O)(CC(=O)O)C(=O)O.O=C(O)CC(O)(CC(=O)O)C(=O)O.O=C(O)CC(O)(CC(=O)O)C(=O)O. The lowest BCUT2D eigenvalue weighted by atomic mass is 9.96. The molecule has 2 fully saturated rings. The van der Waals surface area contributed by atoms with Crippen molar-refractivity contribution in [3.05, 3.63) is 0 Å². The molecule has 2 rings (SSSR count). The number of piperazine rings is 2. The summed E-state index contributed by atoms with van der Waals surface area (Å²) in [6.07, 6.45) is -6.87. The molecule has 2 saturated heterocycles. The molecule has 54 heavy (non-hydrogen) atoms. The molecule has 0 aliphatic carbocycles. The van der Waals surface area contributed by atoms with E-state index in [9.17, 15) is 43.2 Å².